The molecule has 0 N–H and O–H groups in total. The van der Waals surface area contributed by atoms with E-state index in [1.807, 2.05) is 0 Å². The molecule has 1 heterocycles. The molecule has 8 heteroatoms. The van der Waals surface area contributed by atoms with E-state index in [0.29, 0.717) is 24.9 Å². The number of halogens is 1. The third kappa shape index (κ3) is 6.86. The maximum Gasteiger partial charge on any atom is 0.335 e. The average Bonchev–Trinajstić information content (AvgIpc) is 2.49. The van der Waals surface area contributed by atoms with Crippen molar-refractivity contribution in [1.82, 2.24) is 9.47 Å². The zero-order valence-electron chi connectivity index (χ0n) is 15.2. The van der Waals surface area contributed by atoms with Gasteiger partial charge in [-0.25, -0.2) is 0 Å². The molecule has 0 fully saturated rings. The van der Waals surface area contributed by atoms with Crippen molar-refractivity contribution in [1.29, 1.82) is 0 Å². The zero-order chi connectivity index (χ0) is 19.1. The second-order valence-corrected chi connectivity index (χ2v) is 7.42. The van der Waals surface area contributed by atoms with Gasteiger partial charge in [-0.3, -0.25) is 24.3 Å². The highest BCUT2D eigenvalue weighted by molar-refractivity contribution is 6.30. The summed E-state index contributed by atoms with van der Waals surface area (Å²) in [6, 6.07) is 1.00. The molecule has 0 aliphatic rings. The van der Waals surface area contributed by atoms with Gasteiger partial charge in [0.25, 0.3) is 0 Å². The standard InChI is InChI=1S/C17H26ClN3O4/c1-12(2)5-7-19(8-6-13(3)4)16(22)11-20-10-14(18)9-15(17(20)23)21(24)25/h9-10,12-13H,5-8,11H2,1-4H3. The van der Waals surface area contributed by atoms with Crippen molar-refractivity contribution < 1.29 is 9.72 Å². The fourth-order valence-electron chi connectivity index (χ4n) is 2.27. The molecule has 0 aliphatic carbocycles. The molecule has 0 spiro atoms. The van der Waals surface area contributed by atoms with Gasteiger partial charge in [0.1, 0.15) is 6.54 Å². The summed E-state index contributed by atoms with van der Waals surface area (Å²) in [4.78, 5) is 36.7. The summed E-state index contributed by atoms with van der Waals surface area (Å²) in [5.74, 6) is 0.661. The topological polar surface area (TPSA) is 85.4 Å². The van der Waals surface area contributed by atoms with E-state index < -0.39 is 16.2 Å². The normalized spacial score (nSPS) is 11.2. The first-order chi connectivity index (χ1) is 11.6. The Bertz CT molecular complexity index is 658. The number of nitrogens with zero attached hydrogens (tertiary/aromatic N) is 3. The quantitative estimate of drug-likeness (QED) is 0.492. The number of carbonyl (C=O) groups is 1. The van der Waals surface area contributed by atoms with Crippen molar-refractivity contribution in [3.8, 4) is 0 Å². The van der Waals surface area contributed by atoms with E-state index in [-0.39, 0.29) is 17.5 Å². The maximum atomic E-state index is 12.6. The van der Waals surface area contributed by atoms with E-state index in [4.69, 9.17) is 11.6 Å². The first-order valence-electron chi connectivity index (χ1n) is 8.44. The first-order valence-corrected chi connectivity index (χ1v) is 8.81. The predicted octanol–water partition coefficient (Wildman–Crippen LogP) is 3.33. The minimum absolute atomic E-state index is 0.0509. The van der Waals surface area contributed by atoms with Crippen LogP contribution in [-0.4, -0.2) is 33.4 Å². The summed E-state index contributed by atoms with van der Waals surface area (Å²) in [5, 5.41) is 11.0. The van der Waals surface area contributed by atoms with Gasteiger partial charge >= 0.3 is 11.2 Å². The number of carbonyl (C=O) groups excluding carboxylic acids is 1. The Balaban J connectivity index is 2.98. The number of hydrogen-bond donors (Lipinski definition) is 0. The lowest BCUT2D eigenvalue weighted by Crippen LogP contribution is -2.38. The van der Waals surface area contributed by atoms with Gasteiger partial charge in [0.15, 0.2) is 0 Å². The van der Waals surface area contributed by atoms with Gasteiger partial charge in [0, 0.05) is 25.4 Å². The highest BCUT2D eigenvalue weighted by Crippen LogP contribution is 2.13. The van der Waals surface area contributed by atoms with E-state index in [1.165, 1.54) is 6.20 Å². The van der Waals surface area contributed by atoms with Crippen LogP contribution in [0.25, 0.3) is 0 Å². The summed E-state index contributed by atoms with van der Waals surface area (Å²) in [6.07, 6.45) is 2.97. The maximum absolute atomic E-state index is 12.6. The van der Waals surface area contributed by atoms with Crippen molar-refractivity contribution in [3.05, 3.63) is 37.8 Å². The molecule has 1 rings (SSSR count). The summed E-state index contributed by atoms with van der Waals surface area (Å²) in [5.41, 5.74) is -1.45. The van der Waals surface area contributed by atoms with Gasteiger partial charge in [-0.1, -0.05) is 39.3 Å². The highest BCUT2D eigenvalue weighted by atomic mass is 35.5. The van der Waals surface area contributed by atoms with Crippen LogP contribution in [0.1, 0.15) is 40.5 Å². The number of pyridine rings is 1. The number of nitro groups is 1. The third-order valence-corrected chi connectivity index (χ3v) is 4.05. The number of rotatable bonds is 9. The van der Waals surface area contributed by atoms with Gasteiger partial charge in [0.05, 0.1) is 9.95 Å². The number of amides is 1. The Morgan fingerprint density at radius 2 is 1.76 bits per heavy atom. The fraction of sp³-hybridized carbons (Fsp3) is 0.647. The summed E-state index contributed by atoms with van der Waals surface area (Å²) >= 11 is 5.85. The van der Waals surface area contributed by atoms with Gasteiger partial charge < -0.3 is 4.90 Å². The van der Waals surface area contributed by atoms with Crippen LogP contribution in [0.4, 0.5) is 5.69 Å². The molecule has 1 amide bonds. The molecular formula is C17H26ClN3O4. The molecule has 0 bridgehead atoms. The van der Waals surface area contributed by atoms with Crippen LogP contribution in [0.15, 0.2) is 17.1 Å². The lowest BCUT2D eigenvalue weighted by Gasteiger charge is -2.25. The molecule has 7 nitrogen and oxygen atoms in total. The van der Waals surface area contributed by atoms with Crippen LogP contribution < -0.4 is 5.56 Å². The minimum Gasteiger partial charge on any atom is -0.341 e. The fourth-order valence-corrected chi connectivity index (χ4v) is 2.49. The van der Waals surface area contributed by atoms with E-state index in [9.17, 15) is 19.7 Å². The van der Waals surface area contributed by atoms with Crippen molar-refractivity contribution in [3.63, 3.8) is 0 Å². The van der Waals surface area contributed by atoms with Crippen LogP contribution in [-0.2, 0) is 11.3 Å². The molecule has 1 aromatic heterocycles. The van der Waals surface area contributed by atoms with Crippen molar-refractivity contribution in [2.24, 2.45) is 11.8 Å². The van der Waals surface area contributed by atoms with Crippen LogP contribution >= 0.6 is 11.6 Å². The highest BCUT2D eigenvalue weighted by Gasteiger charge is 2.20. The first kappa shape index (κ1) is 21.2. The van der Waals surface area contributed by atoms with Crippen molar-refractivity contribution in [2.45, 2.75) is 47.1 Å². The predicted molar refractivity (Wildman–Crippen MR) is 97.9 cm³/mol. The second-order valence-electron chi connectivity index (χ2n) is 6.98. The molecule has 0 radical (unpaired) electrons. The molecule has 1 aromatic rings. The lowest BCUT2D eigenvalue weighted by molar-refractivity contribution is -0.386. The Labute approximate surface area is 152 Å². The second kappa shape index (κ2) is 9.56. The Hall–Kier alpha value is -1.89. The van der Waals surface area contributed by atoms with Gasteiger partial charge in [-0.15, -0.1) is 0 Å². The smallest absolute Gasteiger partial charge is 0.335 e. The molecule has 25 heavy (non-hydrogen) atoms. The molecule has 140 valence electrons. The largest absolute Gasteiger partial charge is 0.341 e. The summed E-state index contributed by atoms with van der Waals surface area (Å²) in [6.45, 7) is 9.26. The zero-order valence-corrected chi connectivity index (χ0v) is 16.0. The third-order valence-electron chi connectivity index (χ3n) is 3.84. The van der Waals surface area contributed by atoms with Crippen molar-refractivity contribution >= 4 is 23.2 Å². The lowest BCUT2D eigenvalue weighted by atomic mass is 10.1. The van der Waals surface area contributed by atoms with Gasteiger partial charge in [-0.05, 0) is 24.7 Å². The van der Waals surface area contributed by atoms with Crippen LogP contribution in [0, 0.1) is 22.0 Å². The van der Waals surface area contributed by atoms with Gasteiger partial charge in [0.2, 0.25) is 5.91 Å². The SMILES string of the molecule is CC(C)CCN(CCC(C)C)C(=O)Cn1cc(Cl)cc([N+](=O)[O-])c1=O. The van der Waals surface area contributed by atoms with Crippen LogP contribution in [0.3, 0.4) is 0 Å². The molecule has 0 saturated heterocycles. The van der Waals surface area contributed by atoms with E-state index in [0.717, 1.165) is 23.5 Å². The Morgan fingerprint density at radius 3 is 2.20 bits per heavy atom. The number of hydrogen-bond acceptors (Lipinski definition) is 4. The monoisotopic (exact) mass is 371 g/mol. The average molecular weight is 372 g/mol. The Kier molecular flexibility index (Phi) is 8.09. The van der Waals surface area contributed by atoms with Crippen molar-refractivity contribution in [2.75, 3.05) is 13.1 Å². The number of aromatic nitrogens is 1. The molecule has 0 atom stereocenters. The molecule has 0 saturated carbocycles. The van der Waals surface area contributed by atoms with Crippen LogP contribution in [0.2, 0.25) is 5.02 Å². The summed E-state index contributed by atoms with van der Waals surface area (Å²) < 4.78 is 1.01. The molecule has 0 unspecified atom stereocenters. The molecule has 0 aromatic carbocycles. The molecular weight excluding hydrogens is 346 g/mol. The summed E-state index contributed by atoms with van der Waals surface area (Å²) in [7, 11) is 0. The van der Waals surface area contributed by atoms with E-state index in [1.54, 1.807) is 4.90 Å². The molecule has 0 aliphatic heterocycles. The Morgan fingerprint density at radius 1 is 1.24 bits per heavy atom. The van der Waals surface area contributed by atoms with Crippen LogP contribution in [0.5, 0.6) is 0 Å². The minimum atomic E-state index is -0.824. The van der Waals surface area contributed by atoms with E-state index >= 15 is 0 Å². The van der Waals surface area contributed by atoms with Gasteiger partial charge in [-0.2, -0.15) is 0 Å². The van der Waals surface area contributed by atoms with E-state index in [2.05, 4.69) is 27.7 Å².